The van der Waals surface area contributed by atoms with Crippen molar-refractivity contribution in [3.8, 4) is 0 Å². The van der Waals surface area contributed by atoms with E-state index in [1.54, 1.807) is 0 Å². The largest absolute Gasteiger partial charge is 0.381 e. The minimum Gasteiger partial charge on any atom is -0.381 e. The van der Waals surface area contributed by atoms with E-state index >= 15 is 0 Å². The standard InChI is InChI=1S/C16H25ClN2O/c1-12(2)18-11-14-15(17)5-4-6-16(14)19(3)13-7-9-20-10-8-13/h4-6,12-13,18H,7-11H2,1-3H3. The molecule has 1 aliphatic heterocycles. The average Bonchev–Trinajstić information content (AvgIpc) is 2.45. The van der Waals surface area contributed by atoms with E-state index in [1.165, 1.54) is 11.3 Å². The summed E-state index contributed by atoms with van der Waals surface area (Å²) in [4.78, 5) is 2.37. The maximum Gasteiger partial charge on any atom is 0.0485 e. The highest BCUT2D eigenvalue weighted by Crippen LogP contribution is 2.30. The van der Waals surface area contributed by atoms with Gasteiger partial charge in [0.2, 0.25) is 0 Å². The topological polar surface area (TPSA) is 24.5 Å². The molecular formula is C16H25ClN2O. The zero-order chi connectivity index (χ0) is 14.5. The van der Waals surface area contributed by atoms with Crippen molar-refractivity contribution in [2.24, 2.45) is 0 Å². The Balaban J connectivity index is 2.18. The summed E-state index contributed by atoms with van der Waals surface area (Å²) in [5.41, 5.74) is 2.43. The first kappa shape index (κ1) is 15.6. The normalized spacial score (nSPS) is 16.6. The third-order valence-corrected chi connectivity index (χ3v) is 4.25. The highest BCUT2D eigenvalue weighted by molar-refractivity contribution is 6.31. The predicted octanol–water partition coefficient (Wildman–Crippen LogP) is 3.45. The number of nitrogens with one attached hydrogen (secondary N) is 1. The van der Waals surface area contributed by atoms with Gasteiger partial charge in [0, 0.05) is 55.2 Å². The Morgan fingerprint density at radius 3 is 2.70 bits per heavy atom. The van der Waals surface area contributed by atoms with Crippen molar-refractivity contribution in [3.05, 3.63) is 28.8 Å². The van der Waals surface area contributed by atoms with E-state index in [-0.39, 0.29) is 0 Å². The first-order chi connectivity index (χ1) is 9.59. The number of hydrogen-bond acceptors (Lipinski definition) is 3. The first-order valence-electron chi connectivity index (χ1n) is 7.41. The zero-order valence-corrected chi connectivity index (χ0v) is 13.4. The van der Waals surface area contributed by atoms with Crippen LogP contribution in [0.3, 0.4) is 0 Å². The van der Waals surface area contributed by atoms with Crippen LogP contribution in [0.5, 0.6) is 0 Å². The van der Waals surface area contributed by atoms with Crippen molar-refractivity contribution < 1.29 is 4.74 Å². The van der Waals surface area contributed by atoms with Crippen LogP contribution in [0.2, 0.25) is 5.02 Å². The molecule has 0 amide bonds. The Bertz CT molecular complexity index is 430. The minimum absolute atomic E-state index is 0.451. The number of benzene rings is 1. The summed E-state index contributed by atoms with van der Waals surface area (Å²) < 4.78 is 5.45. The highest BCUT2D eigenvalue weighted by atomic mass is 35.5. The molecule has 0 aliphatic carbocycles. The number of halogens is 1. The van der Waals surface area contributed by atoms with Crippen LogP contribution in [0.1, 0.15) is 32.3 Å². The Kier molecular flexibility index (Phi) is 5.70. The fourth-order valence-corrected chi connectivity index (χ4v) is 2.86. The van der Waals surface area contributed by atoms with E-state index in [0.717, 1.165) is 37.6 Å². The fraction of sp³-hybridized carbons (Fsp3) is 0.625. The van der Waals surface area contributed by atoms with Crippen molar-refractivity contribution in [3.63, 3.8) is 0 Å². The van der Waals surface area contributed by atoms with Gasteiger partial charge in [-0.05, 0) is 25.0 Å². The van der Waals surface area contributed by atoms with Crippen molar-refractivity contribution in [2.75, 3.05) is 25.2 Å². The molecule has 112 valence electrons. The molecule has 0 bridgehead atoms. The number of nitrogens with zero attached hydrogens (tertiary/aromatic N) is 1. The summed E-state index contributed by atoms with van der Waals surface area (Å²) in [7, 11) is 2.17. The molecule has 1 N–H and O–H groups in total. The molecule has 1 saturated heterocycles. The third-order valence-electron chi connectivity index (χ3n) is 3.90. The van der Waals surface area contributed by atoms with Crippen molar-refractivity contribution >= 4 is 17.3 Å². The lowest BCUT2D eigenvalue weighted by Gasteiger charge is -2.34. The van der Waals surface area contributed by atoms with Gasteiger partial charge in [-0.2, -0.15) is 0 Å². The molecule has 1 aromatic rings. The summed E-state index contributed by atoms with van der Waals surface area (Å²) in [6, 6.07) is 7.16. The molecule has 20 heavy (non-hydrogen) atoms. The van der Waals surface area contributed by atoms with E-state index in [4.69, 9.17) is 16.3 Å². The second kappa shape index (κ2) is 7.30. The monoisotopic (exact) mass is 296 g/mol. The molecule has 3 nitrogen and oxygen atoms in total. The number of anilines is 1. The molecule has 1 fully saturated rings. The molecule has 0 saturated carbocycles. The van der Waals surface area contributed by atoms with Gasteiger partial charge in [0.05, 0.1) is 0 Å². The number of hydrogen-bond donors (Lipinski definition) is 1. The molecule has 1 aliphatic rings. The molecule has 2 rings (SSSR count). The lowest BCUT2D eigenvalue weighted by atomic mass is 10.0. The molecular weight excluding hydrogens is 272 g/mol. The van der Waals surface area contributed by atoms with Gasteiger partial charge in [0.1, 0.15) is 0 Å². The van der Waals surface area contributed by atoms with E-state index in [9.17, 15) is 0 Å². The first-order valence-corrected chi connectivity index (χ1v) is 7.78. The van der Waals surface area contributed by atoms with Crippen LogP contribution in [0, 0.1) is 0 Å². The summed E-state index contributed by atoms with van der Waals surface area (Å²) in [6.45, 7) is 6.82. The van der Waals surface area contributed by atoms with E-state index in [1.807, 2.05) is 12.1 Å². The van der Waals surface area contributed by atoms with Gasteiger partial charge in [-0.25, -0.2) is 0 Å². The van der Waals surface area contributed by atoms with E-state index in [0.29, 0.717) is 12.1 Å². The Hall–Kier alpha value is -0.770. The van der Waals surface area contributed by atoms with Crippen LogP contribution in [0.25, 0.3) is 0 Å². The van der Waals surface area contributed by atoms with Crippen molar-refractivity contribution in [1.29, 1.82) is 0 Å². The SMILES string of the molecule is CC(C)NCc1c(Cl)cccc1N(C)C1CCOCC1. The second-order valence-corrected chi connectivity index (χ2v) is 6.13. The quantitative estimate of drug-likeness (QED) is 0.901. The summed E-state index contributed by atoms with van der Waals surface area (Å²) in [5.74, 6) is 0. The van der Waals surface area contributed by atoms with Crippen molar-refractivity contribution in [1.82, 2.24) is 5.32 Å². The predicted molar refractivity (Wildman–Crippen MR) is 85.7 cm³/mol. The summed E-state index contributed by atoms with van der Waals surface area (Å²) in [5, 5.41) is 4.31. The van der Waals surface area contributed by atoms with E-state index < -0.39 is 0 Å². The summed E-state index contributed by atoms with van der Waals surface area (Å²) >= 11 is 6.40. The number of ether oxygens (including phenoxy) is 1. The Morgan fingerprint density at radius 2 is 2.05 bits per heavy atom. The van der Waals surface area contributed by atoms with Crippen molar-refractivity contribution in [2.45, 2.75) is 45.3 Å². The van der Waals surface area contributed by atoms with Crippen LogP contribution >= 0.6 is 11.6 Å². The Labute approximate surface area is 127 Å². The van der Waals surface area contributed by atoms with Gasteiger partial charge in [0.25, 0.3) is 0 Å². The molecule has 0 radical (unpaired) electrons. The maximum atomic E-state index is 6.40. The van der Waals surface area contributed by atoms with Gasteiger partial charge in [0.15, 0.2) is 0 Å². The highest BCUT2D eigenvalue weighted by Gasteiger charge is 2.21. The van der Waals surface area contributed by atoms with Crippen LogP contribution in [-0.2, 0) is 11.3 Å². The molecule has 0 aromatic heterocycles. The molecule has 4 heteroatoms. The van der Waals surface area contributed by atoms with Crippen LogP contribution in [0.15, 0.2) is 18.2 Å². The van der Waals surface area contributed by atoms with Crippen LogP contribution in [-0.4, -0.2) is 32.3 Å². The second-order valence-electron chi connectivity index (χ2n) is 5.73. The van der Waals surface area contributed by atoms with Gasteiger partial charge < -0.3 is 15.0 Å². The fourth-order valence-electron chi connectivity index (χ4n) is 2.63. The third kappa shape index (κ3) is 3.87. The molecule has 0 spiro atoms. The van der Waals surface area contributed by atoms with Gasteiger partial charge in [-0.1, -0.05) is 31.5 Å². The van der Waals surface area contributed by atoms with Crippen LogP contribution < -0.4 is 10.2 Å². The molecule has 0 atom stereocenters. The Morgan fingerprint density at radius 1 is 1.35 bits per heavy atom. The lowest BCUT2D eigenvalue weighted by molar-refractivity contribution is 0.0854. The van der Waals surface area contributed by atoms with Gasteiger partial charge >= 0.3 is 0 Å². The van der Waals surface area contributed by atoms with Gasteiger partial charge in [-0.15, -0.1) is 0 Å². The summed E-state index contributed by atoms with van der Waals surface area (Å²) in [6.07, 6.45) is 2.17. The van der Waals surface area contributed by atoms with Gasteiger partial charge in [-0.3, -0.25) is 0 Å². The maximum absolute atomic E-state index is 6.40. The average molecular weight is 297 g/mol. The molecule has 1 heterocycles. The molecule has 0 unspecified atom stereocenters. The van der Waals surface area contributed by atoms with Crippen LogP contribution in [0.4, 0.5) is 5.69 Å². The lowest BCUT2D eigenvalue weighted by Crippen LogP contribution is -2.37. The van der Waals surface area contributed by atoms with E-state index in [2.05, 4.69) is 37.2 Å². The minimum atomic E-state index is 0.451. The zero-order valence-electron chi connectivity index (χ0n) is 12.7. The number of rotatable bonds is 5. The smallest absolute Gasteiger partial charge is 0.0485 e. The molecule has 1 aromatic carbocycles.